The number of nitrogens with zero attached hydrogens (tertiary/aromatic N) is 1. The molecule has 0 aliphatic heterocycles. The molecule has 0 saturated carbocycles. The summed E-state index contributed by atoms with van der Waals surface area (Å²) in [7, 11) is 0. The number of benzene rings is 1. The smallest absolute Gasteiger partial charge is 0.160 e. The van der Waals surface area contributed by atoms with Gasteiger partial charge in [-0.2, -0.15) is 0 Å². The topological polar surface area (TPSA) is 64.4 Å². The minimum atomic E-state index is 0.0439. The predicted octanol–water partition coefficient (Wildman–Crippen LogP) is 2.45. The monoisotopic (exact) mass is 223 g/mol. The summed E-state index contributed by atoms with van der Waals surface area (Å²) in [4.78, 5) is 4.26. The molecule has 0 spiro atoms. The average molecular weight is 223 g/mol. The summed E-state index contributed by atoms with van der Waals surface area (Å²) in [6.45, 7) is 2.10. The van der Waals surface area contributed by atoms with Gasteiger partial charge in [0.1, 0.15) is 0 Å². The molecule has 0 bridgehead atoms. The van der Waals surface area contributed by atoms with Crippen molar-refractivity contribution in [1.82, 2.24) is 0 Å². The van der Waals surface area contributed by atoms with Gasteiger partial charge >= 0.3 is 0 Å². The first kappa shape index (κ1) is 12.1. The van der Waals surface area contributed by atoms with Gasteiger partial charge in [0.25, 0.3) is 0 Å². The number of thioether (sulfide) groups is 1. The van der Waals surface area contributed by atoms with Gasteiger partial charge in [0.15, 0.2) is 5.17 Å². The van der Waals surface area contributed by atoms with Crippen LogP contribution in [0.15, 0.2) is 35.3 Å². The lowest BCUT2D eigenvalue weighted by Gasteiger charge is -2.08. The molecule has 1 atom stereocenters. The molecule has 1 aromatic carbocycles. The highest BCUT2D eigenvalue weighted by Gasteiger charge is 2.04. The number of hydrogen-bond donors (Lipinski definition) is 2. The molecule has 82 valence electrons. The van der Waals surface area contributed by atoms with Crippen molar-refractivity contribution in [2.24, 2.45) is 16.5 Å². The summed E-state index contributed by atoms with van der Waals surface area (Å²) in [5.74, 6) is 0. The van der Waals surface area contributed by atoms with Crippen LogP contribution < -0.4 is 11.5 Å². The van der Waals surface area contributed by atoms with Crippen molar-refractivity contribution in [3.63, 3.8) is 0 Å². The van der Waals surface area contributed by atoms with E-state index in [0.29, 0.717) is 5.17 Å². The van der Waals surface area contributed by atoms with Crippen molar-refractivity contribution in [1.29, 1.82) is 0 Å². The van der Waals surface area contributed by atoms with E-state index < -0.39 is 0 Å². The third-order valence-corrected chi connectivity index (χ3v) is 2.71. The van der Waals surface area contributed by atoms with E-state index in [1.807, 2.05) is 30.3 Å². The SMILES string of the molecule is CCCC(N)SC(N)=Nc1ccccc1. The van der Waals surface area contributed by atoms with Crippen LogP contribution in [-0.2, 0) is 0 Å². The van der Waals surface area contributed by atoms with Gasteiger partial charge in [-0.25, -0.2) is 4.99 Å². The lowest BCUT2D eigenvalue weighted by molar-refractivity contribution is 0.767. The van der Waals surface area contributed by atoms with Crippen molar-refractivity contribution in [3.05, 3.63) is 30.3 Å². The lowest BCUT2D eigenvalue weighted by Crippen LogP contribution is -2.20. The Morgan fingerprint density at radius 3 is 2.67 bits per heavy atom. The number of para-hydroxylation sites is 1. The van der Waals surface area contributed by atoms with E-state index in [1.165, 1.54) is 11.8 Å². The lowest BCUT2D eigenvalue weighted by atomic mass is 10.3. The maximum Gasteiger partial charge on any atom is 0.160 e. The molecule has 0 aromatic heterocycles. The molecule has 0 aliphatic carbocycles. The fraction of sp³-hybridized carbons (Fsp3) is 0.364. The molecule has 1 aromatic rings. The zero-order valence-electron chi connectivity index (χ0n) is 8.89. The van der Waals surface area contributed by atoms with E-state index in [1.54, 1.807) is 0 Å². The summed E-state index contributed by atoms with van der Waals surface area (Å²) in [5, 5.41) is 0.574. The maximum absolute atomic E-state index is 5.84. The molecule has 15 heavy (non-hydrogen) atoms. The normalized spacial score (nSPS) is 13.9. The van der Waals surface area contributed by atoms with E-state index in [0.717, 1.165) is 18.5 Å². The summed E-state index contributed by atoms with van der Waals surface area (Å²) < 4.78 is 0. The fourth-order valence-corrected chi connectivity index (χ4v) is 1.98. The second-order valence-electron chi connectivity index (χ2n) is 3.23. The van der Waals surface area contributed by atoms with Crippen LogP contribution in [0.5, 0.6) is 0 Å². The van der Waals surface area contributed by atoms with E-state index in [9.17, 15) is 0 Å². The van der Waals surface area contributed by atoms with Crippen LogP contribution in [0.4, 0.5) is 5.69 Å². The molecule has 0 heterocycles. The molecule has 3 nitrogen and oxygen atoms in total. The van der Waals surface area contributed by atoms with Crippen LogP contribution in [0, 0.1) is 0 Å². The Morgan fingerprint density at radius 1 is 1.40 bits per heavy atom. The molecular formula is C11H17N3S. The largest absolute Gasteiger partial charge is 0.378 e. The molecule has 4 N–H and O–H groups in total. The number of nitrogens with two attached hydrogens (primary N) is 2. The Labute approximate surface area is 95.0 Å². The van der Waals surface area contributed by atoms with Crippen LogP contribution in [0.2, 0.25) is 0 Å². The van der Waals surface area contributed by atoms with Gasteiger partial charge in [-0.1, -0.05) is 43.3 Å². The van der Waals surface area contributed by atoms with Crippen LogP contribution in [-0.4, -0.2) is 10.5 Å². The van der Waals surface area contributed by atoms with E-state index in [4.69, 9.17) is 11.5 Å². The van der Waals surface area contributed by atoms with Crippen molar-refractivity contribution in [2.75, 3.05) is 0 Å². The first-order valence-electron chi connectivity index (χ1n) is 5.04. The molecule has 1 unspecified atom stereocenters. The number of rotatable bonds is 4. The summed E-state index contributed by atoms with van der Waals surface area (Å²) in [6, 6.07) is 9.65. The Balaban J connectivity index is 2.53. The van der Waals surface area contributed by atoms with Crippen LogP contribution in [0.3, 0.4) is 0 Å². The number of amidine groups is 1. The third-order valence-electron chi connectivity index (χ3n) is 1.84. The Morgan fingerprint density at radius 2 is 2.07 bits per heavy atom. The molecule has 0 amide bonds. The number of aliphatic imine (C=N–C) groups is 1. The zero-order valence-corrected chi connectivity index (χ0v) is 9.70. The van der Waals surface area contributed by atoms with Crippen LogP contribution in [0.1, 0.15) is 19.8 Å². The van der Waals surface area contributed by atoms with Crippen molar-refractivity contribution >= 4 is 22.6 Å². The second-order valence-corrected chi connectivity index (χ2v) is 4.49. The van der Waals surface area contributed by atoms with E-state index in [2.05, 4.69) is 11.9 Å². The minimum Gasteiger partial charge on any atom is -0.378 e. The van der Waals surface area contributed by atoms with Gasteiger partial charge in [-0.3, -0.25) is 0 Å². The fourth-order valence-electron chi connectivity index (χ4n) is 1.15. The second kappa shape index (κ2) is 6.48. The van der Waals surface area contributed by atoms with Crippen molar-refractivity contribution in [2.45, 2.75) is 25.1 Å². The Kier molecular flexibility index (Phi) is 5.21. The molecule has 0 fully saturated rings. The van der Waals surface area contributed by atoms with Gasteiger partial charge < -0.3 is 11.5 Å². The zero-order chi connectivity index (χ0) is 11.1. The maximum atomic E-state index is 5.84. The predicted molar refractivity (Wildman–Crippen MR) is 68.2 cm³/mol. The molecule has 0 saturated heterocycles. The number of hydrogen-bond acceptors (Lipinski definition) is 3. The van der Waals surface area contributed by atoms with E-state index in [-0.39, 0.29) is 5.37 Å². The van der Waals surface area contributed by atoms with Crippen molar-refractivity contribution in [3.8, 4) is 0 Å². The van der Waals surface area contributed by atoms with Gasteiger partial charge in [0, 0.05) is 0 Å². The van der Waals surface area contributed by atoms with Gasteiger partial charge in [-0.05, 0) is 18.6 Å². The quantitative estimate of drug-likeness (QED) is 0.468. The first-order valence-corrected chi connectivity index (χ1v) is 5.91. The summed E-state index contributed by atoms with van der Waals surface area (Å²) in [6.07, 6.45) is 2.02. The van der Waals surface area contributed by atoms with Gasteiger partial charge in [-0.15, -0.1) is 0 Å². The highest BCUT2D eigenvalue weighted by atomic mass is 32.2. The van der Waals surface area contributed by atoms with Crippen molar-refractivity contribution < 1.29 is 0 Å². The highest BCUT2D eigenvalue weighted by Crippen LogP contribution is 2.16. The highest BCUT2D eigenvalue weighted by molar-refractivity contribution is 8.14. The molecule has 0 aliphatic rings. The van der Waals surface area contributed by atoms with Gasteiger partial charge in [0.05, 0.1) is 11.1 Å². The minimum absolute atomic E-state index is 0.0439. The third kappa shape index (κ3) is 4.85. The Bertz CT molecular complexity index is 311. The van der Waals surface area contributed by atoms with Gasteiger partial charge in [0.2, 0.25) is 0 Å². The first-order chi connectivity index (χ1) is 7.22. The van der Waals surface area contributed by atoms with E-state index >= 15 is 0 Å². The molecule has 1 rings (SSSR count). The Hall–Kier alpha value is -1.00. The summed E-state index contributed by atoms with van der Waals surface area (Å²) in [5.41, 5.74) is 12.5. The molecule has 4 heteroatoms. The van der Waals surface area contributed by atoms with Crippen LogP contribution in [0.25, 0.3) is 0 Å². The van der Waals surface area contributed by atoms with Crippen LogP contribution >= 0.6 is 11.8 Å². The summed E-state index contributed by atoms with van der Waals surface area (Å²) >= 11 is 1.42. The average Bonchev–Trinajstić information content (AvgIpc) is 2.19. The standard InChI is InChI=1S/C11H17N3S/c1-2-6-10(12)15-11(13)14-9-7-4-3-5-8-9/h3-5,7-8,10H,2,6,12H2,1H3,(H2,13,14). The molecular weight excluding hydrogens is 206 g/mol. The molecule has 0 radical (unpaired) electrons.